The van der Waals surface area contributed by atoms with Crippen LogP contribution in [-0.2, 0) is 4.79 Å². The number of carbonyl (C=O) groups is 1. The second-order valence-corrected chi connectivity index (χ2v) is 5.12. The topological polar surface area (TPSA) is 68.2 Å². The highest BCUT2D eigenvalue weighted by Crippen LogP contribution is 2.13. The largest absolute Gasteiger partial charge is 0.376 e. The Hall–Kier alpha value is -2.06. The van der Waals surface area contributed by atoms with Gasteiger partial charge in [0.05, 0.1) is 18.2 Å². The predicted octanol–water partition coefficient (Wildman–Crippen LogP) is 1.88. The number of nitrogens with one attached hydrogen (secondary N) is 2. The molecule has 1 aliphatic heterocycles. The molecule has 0 aliphatic carbocycles. The van der Waals surface area contributed by atoms with Gasteiger partial charge < -0.3 is 5.32 Å². The van der Waals surface area contributed by atoms with E-state index in [0.29, 0.717) is 11.6 Å². The fraction of sp³-hybridized carbons (Fsp3) is 0.467. The molecule has 1 unspecified atom stereocenters. The van der Waals surface area contributed by atoms with E-state index in [2.05, 4.69) is 23.7 Å². The number of benzene rings is 1. The van der Waals surface area contributed by atoms with Gasteiger partial charge in [0.25, 0.3) is 5.91 Å². The molecule has 0 bridgehead atoms. The summed E-state index contributed by atoms with van der Waals surface area (Å²) >= 11 is 0. The third-order valence-corrected chi connectivity index (χ3v) is 3.54. The zero-order valence-corrected chi connectivity index (χ0v) is 11.7. The molecule has 1 aromatic carbocycles. The Labute approximate surface area is 119 Å². The number of hydrogen-bond acceptors (Lipinski definition) is 4. The molecule has 1 aromatic rings. The molecular formula is C15H20N4O. The van der Waals surface area contributed by atoms with Crippen LogP contribution in [-0.4, -0.2) is 30.0 Å². The van der Waals surface area contributed by atoms with E-state index >= 15 is 0 Å². The molecule has 0 spiro atoms. The van der Waals surface area contributed by atoms with Crippen molar-refractivity contribution in [3.63, 3.8) is 0 Å². The van der Waals surface area contributed by atoms with Gasteiger partial charge in [-0.2, -0.15) is 5.26 Å². The average Bonchev–Trinajstić information content (AvgIpc) is 2.48. The molecule has 0 radical (unpaired) electrons. The summed E-state index contributed by atoms with van der Waals surface area (Å²) in [6, 6.07) is 9.53. The van der Waals surface area contributed by atoms with E-state index in [4.69, 9.17) is 5.26 Å². The molecule has 0 aromatic heterocycles. The van der Waals surface area contributed by atoms with Gasteiger partial charge in [0.15, 0.2) is 0 Å². The van der Waals surface area contributed by atoms with Crippen LogP contribution in [0, 0.1) is 11.3 Å². The molecule has 0 saturated carbocycles. The predicted molar refractivity (Wildman–Crippen MR) is 77.8 cm³/mol. The fourth-order valence-electron chi connectivity index (χ4n) is 2.31. The van der Waals surface area contributed by atoms with E-state index in [1.54, 1.807) is 24.3 Å². The van der Waals surface area contributed by atoms with Crippen LogP contribution in [0.25, 0.3) is 0 Å². The number of carbonyl (C=O) groups excluding carboxylic acids is 1. The van der Waals surface area contributed by atoms with Crippen LogP contribution < -0.4 is 10.7 Å². The molecule has 1 fully saturated rings. The Morgan fingerprint density at radius 1 is 1.40 bits per heavy atom. The first-order valence-electron chi connectivity index (χ1n) is 6.99. The minimum Gasteiger partial charge on any atom is -0.376 e. The van der Waals surface area contributed by atoms with Crippen molar-refractivity contribution in [3.8, 4) is 6.07 Å². The maximum Gasteiger partial charge on any atom is 0.253 e. The minimum absolute atomic E-state index is 0.0388. The molecule has 2 N–H and O–H groups in total. The van der Waals surface area contributed by atoms with Gasteiger partial charge >= 0.3 is 0 Å². The van der Waals surface area contributed by atoms with Crippen molar-refractivity contribution in [1.29, 1.82) is 5.26 Å². The summed E-state index contributed by atoms with van der Waals surface area (Å²) < 4.78 is 0. The lowest BCUT2D eigenvalue weighted by atomic mass is 10.1. The van der Waals surface area contributed by atoms with Crippen molar-refractivity contribution in [3.05, 3.63) is 29.8 Å². The first-order chi connectivity index (χ1) is 9.69. The van der Waals surface area contributed by atoms with Crippen LogP contribution in [0.4, 0.5) is 5.69 Å². The van der Waals surface area contributed by atoms with Crippen molar-refractivity contribution < 1.29 is 4.79 Å². The highest BCUT2D eigenvalue weighted by Gasteiger charge is 2.19. The number of anilines is 1. The van der Waals surface area contributed by atoms with Gasteiger partial charge in [0.2, 0.25) is 0 Å². The van der Waals surface area contributed by atoms with Gasteiger partial charge in [0, 0.05) is 18.3 Å². The lowest BCUT2D eigenvalue weighted by molar-refractivity contribution is -0.125. The molecule has 1 amide bonds. The lowest BCUT2D eigenvalue weighted by Gasteiger charge is -2.33. The summed E-state index contributed by atoms with van der Waals surface area (Å²) in [6.45, 7) is 3.28. The number of piperidine rings is 1. The Bertz CT molecular complexity index is 492. The van der Waals surface area contributed by atoms with E-state index in [0.717, 1.165) is 25.1 Å². The highest BCUT2D eigenvalue weighted by atomic mass is 16.2. The van der Waals surface area contributed by atoms with Crippen molar-refractivity contribution >= 4 is 11.6 Å². The highest BCUT2D eigenvalue weighted by molar-refractivity contribution is 5.80. The fourth-order valence-corrected chi connectivity index (χ4v) is 2.31. The van der Waals surface area contributed by atoms with E-state index < -0.39 is 0 Å². The van der Waals surface area contributed by atoms with E-state index in [9.17, 15) is 4.79 Å². The van der Waals surface area contributed by atoms with Gasteiger partial charge in [-0.25, -0.2) is 5.01 Å². The second-order valence-electron chi connectivity index (χ2n) is 5.12. The third kappa shape index (κ3) is 3.97. The zero-order chi connectivity index (χ0) is 14.4. The molecule has 20 heavy (non-hydrogen) atoms. The number of rotatable bonds is 4. The number of hydrazine groups is 1. The molecule has 1 saturated heterocycles. The van der Waals surface area contributed by atoms with Crippen LogP contribution in [0.2, 0.25) is 0 Å². The summed E-state index contributed by atoms with van der Waals surface area (Å²) in [6.07, 6.45) is 3.49. The van der Waals surface area contributed by atoms with Crippen molar-refractivity contribution in [2.75, 3.05) is 18.4 Å². The maximum atomic E-state index is 11.9. The van der Waals surface area contributed by atoms with Crippen LogP contribution in [0.15, 0.2) is 24.3 Å². The zero-order valence-electron chi connectivity index (χ0n) is 11.7. The smallest absolute Gasteiger partial charge is 0.253 e. The number of nitriles is 1. The van der Waals surface area contributed by atoms with Crippen molar-refractivity contribution in [2.24, 2.45) is 0 Å². The van der Waals surface area contributed by atoms with Gasteiger partial charge in [-0.05, 0) is 44.0 Å². The van der Waals surface area contributed by atoms with Gasteiger partial charge in [-0.1, -0.05) is 6.42 Å². The molecule has 1 aliphatic rings. The Balaban J connectivity index is 1.78. The SMILES string of the molecule is CC1CCCCN1NC(=O)CNc1ccc(C#N)cc1. The number of amides is 1. The molecule has 2 rings (SSSR count). The lowest BCUT2D eigenvalue weighted by Crippen LogP contribution is -2.51. The van der Waals surface area contributed by atoms with Crippen LogP contribution in [0.3, 0.4) is 0 Å². The number of nitrogens with zero attached hydrogens (tertiary/aromatic N) is 2. The van der Waals surface area contributed by atoms with Crippen LogP contribution in [0.1, 0.15) is 31.7 Å². The molecule has 5 heteroatoms. The first-order valence-corrected chi connectivity index (χ1v) is 6.99. The molecule has 1 heterocycles. The minimum atomic E-state index is -0.0388. The standard InChI is InChI=1S/C15H20N4O/c1-12-4-2-3-9-19(12)18-15(20)11-17-14-7-5-13(10-16)6-8-14/h5-8,12,17H,2-4,9,11H2,1H3,(H,18,20). The van der Waals surface area contributed by atoms with E-state index in [-0.39, 0.29) is 12.5 Å². The summed E-state index contributed by atoms with van der Waals surface area (Å²) in [4.78, 5) is 11.9. The molecule has 5 nitrogen and oxygen atoms in total. The molecular weight excluding hydrogens is 252 g/mol. The third-order valence-electron chi connectivity index (χ3n) is 3.54. The Morgan fingerprint density at radius 3 is 2.80 bits per heavy atom. The summed E-state index contributed by atoms with van der Waals surface area (Å²) in [5.41, 5.74) is 4.39. The van der Waals surface area contributed by atoms with Crippen LogP contribution in [0.5, 0.6) is 0 Å². The second kappa shape index (κ2) is 6.92. The van der Waals surface area contributed by atoms with E-state index in [1.165, 1.54) is 6.42 Å². The monoisotopic (exact) mass is 272 g/mol. The molecule has 106 valence electrons. The quantitative estimate of drug-likeness (QED) is 0.878. The van der Waals surface area contributed by atoms with Crippen molar-refractivity contribution in [1.82, 2.24) is 10.4 Å². The van der Waals surface area contributed by atoms with E-state index in [1.807, 2.05) is 5.01 Å². The Morgan fingerprint density at radius 2 is 2.15 bits per heavy atom. The summed E-state index contributed by atoms with van der Waals surface area (Å²) in [7, 11) is 0. The normalized spacial score (nSPS) is 19.1. The summed E-state index contributed by atoms with van der Waals surface area (Å²) in [5.74, 6) is -0.0388. The van der Waals surface area contributed by atoms with Gasteiger partial charge in [0.1, 0.15) is 0 Å². The van der Waals surface area contributed by atoms with Crippen LogP contribution >= 0.6 is 0 Å². The van der Waals surface area contributed by atoms with Crippen molar-refractivity contribution in [2.45, 2.75) is 32.2 Å². The Kier molecular flexibility index (Phi) is 4.97. The number of hydrogen-bond donors (Lipinski definition) is 2. The van der Waals surface area contributed by atoms with Gasteiger partial charge in [-0.15, -0.1) is 0 Å². The van der Waals surface area contributed by atoms with Gasteiger partial charge in [-0.3, -0.25) is 10.2 Å². The first kappa shape index (κ1) is 14.4. The maximum absolute atomic E-state index is 11.9. The average molecular weight is 272 g/mol. The summed E-state index contributed by atoms with van der Waals surface area (Å²) in [5, 5.41) is 13.8. The molecule has 1 atom stereocenters.